The lowest BCUT2D eigenvalue weighted by molar-refractivity contribution is -0.385. The number of nitrogens with one attached hydrogen (secondary N) is 2. The van der Waals surface area contributed by atoms with Crippen LogP contribution in [0.15, 0.2) is 65.8 Å². The maximum atomic E-state index is 12.5. The minimum Gasteiger partial charge on any atom is -0.322 e. The number of halogens is 2. The molecule has 0 radical (unpaired) electrons. The van der Waals surface area contributed by atoms with Gasteiger partial charge in [-0.2, -0.15) is 5.10 Å². The molecule has 0 fully saturated rings. The molecule has 2 N–H and O–H groups in total. The fraction of sp³-hybridized carbons (Fsp3) is 0.0870. The van der Waals surface area contributed by atoms with Crippen LogP contribution in [0.4, 0.5) is 11.4 Å². The van der Waals surface area contributed by atoms with Gasteiger partial charge in [0.05, 0.1) is 21.2 Å². The van der Waals surface area contributed by atoms with Crippen LogP contribution in [0.1, 0.15) is 38.8 Å². The van der Waals surface area contributed by atoms with Crippen LogP contribution in [0.3, 0.4) is 0 Å². The number of nitro benzene ring substituents is 1. The van der Waals surface area contributed by atoms with Crippen molar-refractivity contribution in [3.05, 3.63) is 103 Å². The topological polar surface area (TPSA) is 114 Å². The lowest BCUT2D eigenvalue weighted by Gasteiger charge is -2.09. The molecule has 2 amide bonds. The third-order valence-electron chi connectivity index (χ3n) is 4.71. The smallest absolute Gasteiger partial charge is 0.273 e. The molecular weight excluding hydrogens is 467 g/mol. The van der Waals surface area contributed by atoms with E-state index in [-0.39, 0.29) is 21.8 Å². The van der Waals surface area contributed by atoms with Gasteiger partial charge in [-0.1, -0.05) is 41.4 Å². The number of rotatable bonds is 6. The first kappa shape index (κ1) is 23.9. The Hall–Kier alpha value is -3.75. The lowest BCUT2D eigenvalue weighted by Crippen LogP contribution is -2.19. The molecule has 0 saturated carbocycles. The van der Waals surface area contributed by atoms with Crippen molar-refractivity contribution < 1.29 is 14.5 Å². The average molecular weight is 485 g/mol. The van der Waals surface area contributed by atoms with Gasteiger partial charge in [0.1, 0.15) is 0 Å². The number of nitro groups is 1. The predicted molar refractivity (Wildman–Crippen MR) is 128 cm³/mol. The highest BCUT2D eigenvalue weighted by Crippen LogP contribution is 2.23. The third kappa shape index (κ3) is 5.94. The molecule has 10 heteroatoms. The molecule has 0 aromatic heterocycles. The fourth-order valence-corrected chi connectivity index (χ4v) is 3.40. The standard InChI is InChI=1S/C23H18Cl2N4O4/c1-13-6-7-16(11-21(13)29(32)33)22(30)28-27-14(2)15-4-3-5-18(10-15)26-23(31)19-9-8-17(24)12-20(19)25/h3-12H,1-2H3,(H,26,31)(H,28,30)/b27-14-. The summed E-state index contributed by atoms with van der Waals surface area (Å²) in [6.45, 7) is 3.27. The number of aryl methyl sites for hydroxylation is 1. The second-order valence-electron chi connectivity index (χ2n) is 7.06. The van der Waals surface area contributed by atoms with Crippen LogP contribution in [-0.4, -0.2) is 22.4 Å². The Morgan fingerprint density at radius 2 is 1.73 bits per heavy atom. The van der Waals surface area contributed by atoms with Crippen LogP contribution in [-0.2, 0) is 0 Å². The zero-order valence-corrected chi connectivity index (χ0v) is 19.1. The van der Waals surface area contributed by atoms with E-state index in [1.165, 1.54) is 30.3 Å². The normalized spacial score (nSPS) is 11.1. The molecule has 0 spiro atoms. The highest BCUT2D eigenvalue weighted by atomic mass is 35.5. The Morgan fingerprint density at radius 1 is 0.970 bits per heavy atom. The number of anilines is 1. The zero-order valence-electron chi connectivity index (χ0n) is 17.6. The van der Waals surface area contributed by atoms with E-state index in [0.29, 0.717) is 27.5 Å². The molecule has 3 aromatic rings. The first-order valence-electron chi connectivity index (χ1n) is 9.62. The Balaban J connectivity index is 1.73. The summed E-state index contributed by atoms with van der Waals surface area (Å²) in [5.41, 5.74) is 4.69. The Morgan fingerprint density at radius 3 is 2.42 bits per heavy atom. The largest absolute Gasteiger partial charge is 0.322 e. The van der Waals surface area contributed by atoms with Crippen molar-refractivity contribution in [2.24, 2.45) is 5.10 Å². The zero-order chi connectivity index (χ0) is 24.1. The number of benzene rings is 3. The summed E-state index contributed by atoms with van der Waals surface area (Å²) in [5.74, 6) is -0.989. The van der Waals surface area contributed by atoms with E-state index < -0.39 is 16.7 Å². The van der Waals surface area contributed by atoms with E-state index in [1.807, 2.05) is 0 Å². The van der Waals surface area contributed by atoms with Crippen molar-refractivity contribution >= 4 is 52.1 Å². The molecule has 0 bridgehead atoms. The summed E-state index contributed by atoms with van der Waals surface area (Å²) >= 11 is 12.0. The van der Waals surface area contributed by atoms with Gasteiger partial charge < -0.3 is 5.32 Å². The molecule has 8 nitrogen and oxygen atoms in total. The average Bonchev–Trinajstić information content (AvgIpc) is 2.77. The van der Waals surface area contributed by atoms with Gasteiger partial charge in [0.2, 0.25) is 0 Å². The molecule has 0 aliphatic rings. The second kappa shape index (κ2) is 10.2. The molecule has 33 heavy (non-hydrogen) atoms. The van der Waals surface area contributed by atoms with Gasteiger partial charge in [-0.25, -0.2) is 5.43 Å². The Kier molecular flexibility index (Phi) is 7.42. The molecule has 0 heterocycles. The quantitative estimate of drug-likeness (QED) is 0.268. The summed E-state index contributed by atoms with van der Waals surface area (Å²) in [4.78, 5) is 35.4. The van der Waals surface area contributed by atoms with Crippen molar-refractivity contribution in [1.82, 2.24) is 5.43 Å². The number of amides is 2. The van der Waals surface area contributed by atoms with E-state index in [1.54, 1.807) is 44.2 Å². The monoisotopic (exact) mass is 484 g/mol. The molecule has 0 aliphatic carbocycles. The highest BCUT2D eigenvalue weighted by Gasteiger charge is 2.15. The third-order valence-corrected chi connectivity index (χ3v) is 5.25. The maximum absolute atomic E-state index is 12.5. The highest BCUT2D eigenvalue weighted by molar-refractivity contribution is 6.37. The van der Waals surface area contributed by atoms with Crippen molar-refractivity contribution in [2.75, 3.05) is 5.32 Å². The summed E-state index contributed by atoms with van der Waals surface area (Å²) in [7, 11) is 0. The van der Waals surface area contributed by atoms with E-state index in [4.69, 9.17) is 23.2 Å². The number of hydrogen-bond donors (Lipinski definition) is 2. The molecular formula is C23H18Cl2N4O4. The summed E-state index contributed by atoms with van der Waals surface area (Å²) in [6, 6.07) is 15.6. The number of nitrogens with zero attached hydrogens (tertiary/aromatic N) is 2. The van der Waals surface area contributed by atoms with Crippen molar-refractivity contribution in [3.8, 4) is 0 Å². The van der Waals surface area contributed by atoms with Crippen LogP contribution in [0.25, 0.3) is 0 Å². The van der Waals surface area contributed by atoms with Crippen molar-refractivity contribution in [1.29, 1.82) is 0 Å². The first-order valence-corrected chi connectivity index (χ1v) is 10.4. The Labute approximate surface area is 199 Å². The van der Waals surface area contributed by atoms with E-state index >= 15 is 0 Å². The number of hydrogen-bond acceptors (Lipinski definition) is 5. The number of carbonyl (C=O) groups is 2. The molecule has 0 saturated heterocycles. The second-order valence-corrected chi connectivity index (χ2v) is 7.90. The van der Waals surface area contributed by atoms with Gasteiger partial charge >= 0.3 is 0 Å². The van der Waals surface area contributed by atoms with E-state index in [0.717, 1.165) is 0 Å². The van der Waals surface area contributed by atoms with Gasteiger partial charge in [0.25, 0.3) is 17.5 Å². The Bertz CT molecular complexity index is 1290. The minimum absolute atomic E-state index is 0.115. The lowest BCUT2D eigenvalue weighted by atomic mass is 10.1. The number of carbonyl (C=O) groups excluding carboxylic acids is 2. The molecule has 168 valence electrons. The molecule has 0 atom stereocenters. The summed E-state index contributed by atoms with van der Waals surface area (Å²) < 4.78 is 0. The number of hydrazone groups is 1. The van der Waals surface area contributed by atoms with Crippen LogP contribution in [0, 0.1) is 17.0 Å². The maximum Gasteiger partial charge on any atom is 0.273 e. The van der Waals surface area contributed by atoms with Gasteiger partial charge in [0, 0.05) is 27.9 Å². The summed E-state index contributed by atoms with van der Waals surface area (Å²) in [6.07, 6.45) is 0. The van der Waals surface area contributed by atoms with E-state index in [2.05, 4.69) is 15.8 Å². The fourth-order valence-electron chi connectivity index (χ4n) is 2.91. The van der Waals surface area contributed by atoms with Crippen molar-refractivity contribution in [2.45, 2.75) is 13.8 Å². The summed E-state index contributed by atoms with van der Waals surface area (Å²) in [5, 5.41) is 18.6. The first-order chi connectivity index (χ1) is 15.7. The van der Waals surface area contributed by atoms with Crippen LogP contribution < -0.4 is 10.7 Å². The molecule has 3 rings (SSSR count). The predicted octanol–water partition coefficient (Wildman–Crippen LogP) is 5.62. The molecule has 0 aliphatic heterocycles. The SMILES string of the molecule is C/C(=N/NC(=O)c1ccc(C)c([N+](=O)[O-])c1)c1cccc(NC(=O)c2ccc(Cl)cc2Cl)c1. The van der Waals surface area contributed by atoms with Gasteiger partial charge in [-0.3, -0.25) is 19.7 Å². The van der Waals surface area contributed by atoms with E-state index in [9.17, 15) is 19.7 Å². The molecule has 0 unspecified atom stereocenters. The van der Waals surface area contributed by atoms with Gasteiger partial charge in [-0.05, 0) is 55.8 Å². The minimum atomic E-state index is -0.584. The van der Waals surface area contributed by atoms with Crippen LogP contribution >= 0.6 is 23.2 Å². The molecule has 3 aromatic carbocycles. The van der Waals surface area contributed by atoms with Crippen molar-refractivity contribution in [3.63, 3.8) is 0 Å². The van der Waals surface area contributed by atoms with Gasteiger partial charge in [0.15, 0.2) is 0 Å². The van der Waals surface area contributed by atoms with Crippen LogP contribution in [0.5, 0.6) is 0 Å². The van der Waals surface area contributed by atoms with Gasteiger partial charge in [-0.15, -0.1) is 0 Å². The van der Waals surface area contributed by atoms with Crippen LogP contribution in [0.2, 0.25) is 10.0 Å².